The summed E-state index contributed by atoms with van der Waals surface area (Å²) in [4.78, 5) is 6.80. The van der Waals surface area contributed by atoms with Crippen molar-refractivity contribution in [3.8, 4) is 11.6 Å². The van der Waals surface area contributed by atoms with Gasteiger partial charge in [0.05, 0.1) is 13.2 Å². The number of para-hydroxylation sites is 1. The number of rotatable bonds is 4. The first kappa shape index (κ1) is 15.9. The maximum Gasteiger partial charge on any atom is 0.246 e. The van der Waals surface area contributed by atoms with Gasteiger partial charge < -0.3 is 19.4 Å². The highest BCUT2D eigenvalue weighted by atomic mass is 16.5. The van der Waals surface area contributed by atoms with Crippen LogP contribution in [0.5, 0.6) is 0 Å². The van der Waals surface area contributed by atoms with Gasteiger partial charge in [-0.3, -0.25) is 5.10 Å². The van der Waals surface area contributed by atoms with Gasteiger partial charge in [-0.1, -0.05) is 18.2 Å². The molecule has 1 aliphatic rings. The third-order valence-electron chi connectivity index (χ3n) is 4.64. The quantitative estimate of drug-likeness (QED) is 0.576. The van der Waals surface area contributed by atoms with E-state index in [1.54, 1.807) is 0 Å². The van der Waals surface area contributed by atoms with Crippen molar-refractivity contribution in [3.05, 3.63) is 54.6 Å². The average molecular weight is 361 g/mol. The van der Waals surface area contributed by atoms with Crippen molar-refractivity contribution in [1.82, 2.24) is 15.2 Å². The van der Waals surface area contributed by atoms with Crippen LogP contribution >= 0.6 is 0 Å². The zero-order valence-electron chi connectivity index (χ0n) is 14.7. The van der Waals surface area contributed by atoms with Crippen LogP contribution in [0.2, 0.25) is 0 Å². The zero-order chi connectivity index (χ0) is 18.1. The molecule has 7 nitrogen and oxygen atoms in total. The number of aromatic nitrogens is 3. The molecule has 2 aromatic heterocycles. The van der Waals surface area contributed by atoms with E-state index in [0.717, 1.165) is 43.0 Å². The van der Waals surface area contributed by atoms with Crippen molar-refractivity contribution >= 4 is 28.3 Å². The molecule has 0 aliphatic carbocycles. The number of hydrogen-bond acceptors (Lipinski definition) is 6. The summed E-state index contributed by atoms with van der Waals surface area (Å²) in [5, 5.41) is 11.4. The van der Waals surface area contributed by atoms with Crippen LogP contribution < -0.4 is 10.2 Å². The van der Waals surface area contributed by atoms with Gasteiger partial charge in [0.25, 0.3) is 0 Å². The Labute approximate surface area is 156 Å². The molecule has 1 saturated heterocycles. The lowest BCUT2D eigenvalue weighted by Crippen LogP contribution is -2.36. The fraction of sp³-hybridized carbons (Fsp3) is 0.200. The first-order valence-electron chi connectivity index (χ1n) is 8.96. The Morgan fingerprint density at radius 1 is 1.00 bits per heavy atom. The van der Waals surface area contributed by atoms with Crippen molar-refractivity contribution < 1.29 is 9.15 Å². The minimum atomic E-state index is 0.504. The molecule has 136 valence electrons. The van der Waals surface area contributed by atoms with E-state index in [2.05, 4.69) is 37.5 Å². The fourth-order valence-electron chi connectivity index (χ4n) is 3.23. The SMILES string of the molecule is c1ccc2oc(-c3nc(Nc4ccc(N5CCOCC5)cc4)n[nH]3)cc2c1. The van der Waals surface area contributed by atoms with Gasteiger partial charge in [-0.25, -0.2) is 0 Å². The molecule has 3 heterocycles. The topological polar surface area (TPSA) is 79.2 Å². The van der Waals surface area contributed by atoms with Crippen LogP contribution in [0, 0.1) is 0 Å². The highest BCUT2D eigenvalue weighted by molar-refractivity contribution is 5.81. The van der Waals surface area contributed by atoms with E-state index in [4.69, 9.17) is 9.15 Å². The van der Waals surface area contributed by atoms with E-state index < -0.39 is 0 Å². The number of nitrogens with zero attached hydrogens (tertiary/aromatic N) is 3. The van der Waals surface area contributed by atoms with Gasteiger partial charge in [-0.15, -0.1) is 5.10 Å². The first-order chi connectivity index (χ1) is 13.3. The number of ether oxygens (including phenoxy) is 1. The molecule has 0 bridgehead atoms. The molecule has 27 heavy (non-hydrogen) atoms. The van der Waals surface area contributed by atoms with Gasteiger partial charge in [0.2, 0.25) is 5.95 Å². The maximum atomic E-state index is 5.82. The third kappa shape index (κ3) is 3.24. The number of hydrogen-bond donors (Lipinski definition) is 2. The number of aromatic amines is 1. The van der Waals surface area contributed by atoms with Gasteiger partial charge in [0, 0.05) is 29.9 Å². The maximum absolute atomic E-state index is 5.82. The molecule has 0 spiro atoms. The molecule has 0 atom stereocenters. The number of anilines is 3. The summed E-state index contributed by atoms with van der Waals surface area (Å²) >= 11 is 0. The largest absolute Gasteiger partial charge is 0.453 e. The Kier molecular flexibility index (Phi) is 3.99. The van der Waals surface area contributed by atoms with Gasteiger partial charge in [0.15, 0.2) is 11.6 Å². The number of furan rings is 1. The molecule has 1 aliphatic heterocycles. The zero-order valence-corrected chi connectivity index (χ0v) is 14.7. The standard InChI is InChI=1S/C20H19N5O2/c1-2-4-17-14(3-1)13-18(27-17)19-22-20(24-23-19)21-15-5-7-16(8-6-15)25-9-11-26-12-10-25/h1-8,13H,9-12H2,(H2,21,22,23,24). The van der Waals surface area contributed by atoms with E-state index >= 15 is 0 Å². The summed E-state index contributed by atoms with van der Waals surface area (Å²) in [7, 11) is 0. The summed E-state index contributed by atoms with van der Waals surface area (Å²) in [6, 6.07) is 18.1. The van der Waals surface area contributed by atoms with E-state index in [1.807, 2.05) is 42.5 Å². The number of benzene rings is 2. The van der Waals surface area contributed by atoms with E-state index in [1.165, 1.54) is 5.69 Å². The summed E-state index contributed by atoms with van der Waals surface area (Å²) in [5.74, 6) is 1.77. The molecule has 4 aromatic rings. The van der Waals surface area contributed by atoms with Crippen molar-refractivity contribution in [2.75, 3.05) is 36.5 Å². The summed E-state index contributed by atoms with van der Waals surface area (Å²) in [6.07, 6.45) is 0. The molecular weight excluding hydrogens is 342 g/mol. The molecule has 0 saturated carbocycles. The Bertz CT molecular complexity index is 1010. The Hall–Kier alpha value is -3.32. The molecule has 2 aromatic carbocycles. The summed E-state index contributed by atoms with van der Waals surface area (Å²) in [6.45, 7) is 3.41. The molecule has 2 N–H and O–H groups in total. The minimum Gasteiger partial charge on any atom is -0.453 e. The lowest BCUT2D eigenvalue weighted by molar-refractivity contribution is 0.122. The lowest BCUT2D eigenvalue weighted by Gasteiger charge is -2.28. The molecule has 5 rings (SSSR count). The Morgan fingerprint density at radius 2 is 1.81 bits per heavy atom. The average Bonchev–Trinajstić information content (AvgIpc) is 3.36. The minimum absolute atomic E-state index is 0.504. The molecule has 7 heteroatoms. The van der Waals surface area contributed by atoms with Crippen molar-refractivity contribution in [2.24, 2.45) is 0 Å². The summed E-state index contributed by atoms with van der Waals surface area (Å²) < 4.78 is 11.2. The number of morpholine rings is 1. The van der Waals surface area contributed by atoms with E-state index in [9.17, 15) is 0 Å². The molecule has 0 unspecified atom stereocenters. The van der Waals surface area contributed by atoms with E-state index in [0.29, 0.717) is 17.5 Å². The van der Waals surface area contributed by atoms with Crippen LogP contribution in [0.1, 0.15) is 0 Å². The highest BCUT2D eigenvalue weighted by Gasteiger charge is 2.13. The second kappa shape index (κ2) is 6.77. The van der Waals surface area contributed by atoms with Gasteiger partial charge in [-0.05, 0) is 36.4 Å². The first-order valence-corrected chi connectivity index (χ1v) is 8.96. The second-order valence-electron chi connectivity index (χ2n) is 6.43. The van der Waals surface area contributed by atoms with Gasteiger partial charge in [0.1, 0.15) is 5.58 Å². The van der Waals surface area contributed by atoms with Crippen LogP contribution in [0.15, 0.2) is 59.0 Å². The number of nitrogens with one attached hydrogen (secondary N) is 2. The van der Waals surface area contributed by atoms with Crippen LogP contribution in [-0.2, 0) is 4.74 Å². The monoisotopic (exact) mass is 361 g/mol. The Balaban J connectivity index is 1.31. The van der Waals surface area contributed by atoms with Crippen molar-refractivity contribution in [3.63, 3.8) is 0 Å². The van der Waals surface area contributed by atoms with Crippen molar-refractivity contribution in [2.45, 2.75) is 0 Å². The predicted molar refractivity (Wildman–Crippen MR) is 104 cm³/mol. The van der Waals surface area contributed by atoms with Crippen LogP contribution in [0.4, 0.5) is 17.3 Å². The van der Waals surface area contributed by atoms with Gasteiger partial charge in [-0.2, -0.15) is 4.98 Å². The van der Waals surface area contributed by atoms with Crippen LogP contribution in [0.25, 0.3) is 22.6 Å². The van der Waals surface area contributed by atoms with E-state index in [-0.39, 0.29) is 0 Å². The van der Waals surface area contributed by atoms with Crippen LogP contribution in [0.3, 0.4) is 0 Å². The van der Waals surface area contributed by atoms with Crippen molar-refractivity contribution in [1.29, 1.82) is 0 Å². The third-order valence-corrected chi connectivity index (χ3v) is 4.64. The lowest BCUT2D eigenvalue weighted by atomic mass is 10.2. The van der Waals surface area contributed by atoms with Gasteiger partial charge >= 0.3 is 0 Å². The number of fused-ring (bicyclic) bond motifs is 1. The summed E-state index contributed by atoms with van der Waals surface area (Å²) in [5.41, 5.74) is 2.96. The Morgan fingerprint density at radius 3 is 2.63 bits per heavy atom. The highest BCUT2D eigenvalue weighted by Crippen LogP contribution is 2.26. The second-order valence-corrected chi connectivity index (χ2v) is 6.43. The predicted octanol–water partition coefficient (Wildman–Crippen LogP) is 3.80. The molecule has 0 radical (unpaired) electrons. The normalized spacial score (nSPS) is 14.6. The smallest absolute Gasteiger partial charge is 0.246 e. The van der Waals surface area contributed by atoms with Crippen LogP contribution in [-0.4, -0.2) is 41.5 Å². The fourth-order valence-corrected chi connectivity index (χ4v) is 3.23. The number of H-pyrrole nitrogens is 1. The molecular formula is C20H19N5O2. The molecule has 0 amide bonds. The molecule has 1 fully saturated rings.